The average Bonchev–Trinajstić information content (AvgIpc) is 2.54. The maximum Gasteiger partial charge on any atom is 0.335 e. The fourth-order valence-electron chi connectivity index (χ4n) is 2.42. The van der Waals surface area contributed by atoms with Gasteiger partial charge in [0.25, 0.3) is 0 Å². The number of aromatic carboxylic acids is 1. The number of benzene rings is 1. The van der Waals surface area contributed by atoms with Crippen LogP contribution in [0.5, 0.6) is 0 Å². The van der Waals surface area contributed by atoms with Gasteiger partial charge < -0.3 is 10.2 Å². The molecule has 0 unspecified atom stereocenters. The second kappa shape index (κ2) is 6.32. The number of pyridine rings is 2. The highest BCUT2D eigenvalue weighted by atomic mass is 35.5. The fourth-order valence-corrected chi connectivity index (χ4v) is 2.58. The summed E-state index contributed by atoms with van der Waals surface area (Å²) in [6.07, 6.45) is 2.05. The van der Waals surface area contributed by atoms with Crippen molar-refractivity contribution in [1.82, 2.24) is 9.97 Å². The summed E-state index contributed by atoms with van der Waals surface area (Å²) in [5, 5.41) is 19.8. The molecule has 1 aromatic carbocycles. The summed E-state index contributed by atoms with van der Waals surface area (Å²) in [6, 6.07) is 10.5. The largest absolute Gasteiger partial charge is 0.478 e. The van der Waals surface area contributed by atoms with Gasteiger partial charge in [-0.1, -0.05) is 17.7 Å². The number of aliphatic hydroxyl groups is 1. The molecule has 0 saturated heterocycles. The van der Waals surface area contributed by atoms with Gasteiger partial charge in [0.15, 0.2) is 0 Å². The first-order chi connectivity index (χ1) is 11.0. The predicted octanol–water partition coefficient (Wildman–Crippen LogP) is 3.06. The van der Waals surface area contributed by atoms with E-state index in [1.165, 1.54) is 12.1 Å². The second-order valence-corrected chi connectivity index (χ2v) is 5.60. The maximum absolute atomic E-state index is 11.2. The topological polar surface area (TPSA) is 83.3 Å². The van der Waals surface area contributed by atoms with Crippen LogP contribution in [0.2, 0.25) is 5.02 Å². The Bertz CT molecular complexity index is 896. The van der Waals surface area contributed by atoms with Gasteiger partial charge in [-0.05, 0) is 35.9 Å². The number of hydrogen-bond acceptors (Lipinski definition) is 4. The van der Waals surface area contributed by atoms with Crippen LogP contribution in [0.3, 0.4) is 0 Å². The van der Waals surface area contributed by atoms with Crippen LogP contribution in [-0.2, 0) is 13.0 Å². The summed E-state index contributed by atoms with van der Waals surface area (Å²) >= 11 is 5.96. The lowest BCUT2D eigenvalue weighted by Gasteiger charge is -2.07. The van der Waals surface area contributed by atoms with E-state index in [4.69, 9.17) is 16.7 Å². The van der Waals surface area contributed by atoms with E-state index in [-0.39, 0.29) is 12.2 Å². The number of fused-ring (bicyclic) bond motifs is 1. The Hall–Kier alpha value is -2.50. The van der Waals surface area contributed by atoms with Crippen LogP contribution < -0.4 is 0 Å². The zero-order valence-corrected chi connectivity index (χ0v) is 12.8. The summed E-state index contributed by atoms with van der Waals surface area (Å²) in [4.78, 5) is 19.7. The van der Waals surface area contributed by atoms with Gasteiger partial charge in [0.1, 0.15) is 0 Å². The third kappa shape index (κ3) is 3.47. The first-order valence-electron chi connectivity index (χ1n) is 6.93. The fraction of sp³-hybridized carbons (Fsp3) is 0.118. The Balaban J connectivity index is 1.98. The lowest BCUT2D eigenvalue weighted by molar-refractivity contribution is 0.0696. The molecular weight excluding hydrogens is 316 g/mol. The number of halogens is 1. The van der Waals surface area contributed by atoms with Crippen LogP contribution in [0.1, 0.15) is 27.3 Å². The van der Waals surface area contributed by atoms with Gasteiger partial charge in [0.05, 0.1) is 28.4 Å². The second-order valence-electron chi connectivity index (χ2n) is 5.16. The van der Waals surface area contributed by atoms with Crippen molar-refractivity contribution in [2.24, 2.45) is 0 Å². The quantitative estimate of drug-likeness (QED) is 0.769. The third-order valence-electron chi connectivity index (χ3n) is 3.44. The molecule has 0 amide bonds. The smallest absolute Gasteiger partial charge is 0.335 e. The van der Waals surface area contributed by atoms with Gasteiger partial charge in [0.2, 0.25) is 0 Å². The van der Waals surface area contributed by atoms with Crippen molar-refractivity contribution < 1.29 is 15.0 Å². The minimum atomic E-state index is -1.04. The number of rotatable bonds is 4. The monoisotopic (exact) mass is 328 g/mol. The van der Waals surface area contributed by atoms with Crippen molar-refractivity contribution in [3.8, 4) is 0 Å². The van der Waals surface area contributed by atoms with Gasteiger partial charge in [0, 0.05) is 23.7 Å². The molecule has 0 radical (unpaired) electrons. The predicted molar refractivity (Wildman–Crippen MR) is 86.7 cm³/mol. The molecule has 0 spiro atoms. The SMILES string of the molecule is O=C(O)c1cc(CO)nc(Cc2ccc3ncc(Cl)cc3c2)c1. The number of carboxylic acids is 1. The number of nitrogens with zero attached hydrogens (tertiary/aromatic N) is 2. The molecule has 0 atom stereocenters. The number of carbonyl (C=O) groups is 1. The zero-order chi connectivity index (χ0) is 16.4. The summed E-state index contributed by atoms with van der Waals surface area (Å²) in [5.74, 6) is -1.04. The van der Waals surface area contributed by atoms with E-state index < -0.39 is 5.97 Å². The molecule has 116 valence electrons. The van der Waals surface area contributed by atoms with Crippen molar-refractivity contribution in [3.63, 3.8) is 0 Å². The lowest BCUT2D eigenvalue weighted by Crippen LogP contribution is -2.04. The normalized spacial score (nSPS) is 10.9. The van der Waals surface area contributed by atoms with E-state index in [1.54, 1.807) is 6.20 Å². The summed E-state index contributed by atoms with van der Waals surface area (Å²) in [6.45, 7) is -0.300. The summed E-state index contributed by atoms with van der Waals surface area (Å²) in [7, 11) is 0. The molecule has 2 aromatic heterocycles. The Labute approximate surface area is 137 Å². The van der Waals surface area contributed by atoms with Crippen LogP contribution >= 0.6 is 11.6 Å². The van der Waals surface area contributed by atoms with Gasteiger partial charge in [-0.25, -0.2) is 4.79 Å². The molecule has 23 heavy (non-hydrogen) atoms. The van der Waals surface area contributed by atoms with E-state index in [2.05, 4.69) is 9.97 Å². The van der Waals surface area contributed by atoms with E-state index in [9.17, 15) is 9.90 Å². The van der Waals surface area contributed by atoms with Crippen molar-refractivity contribution in [2.45, 2.75) is 13.0 Å². The van der Waals surface area contributed by atoms with Crippen LogP contribution in [0, 0.1) is 0 Å². The van der Waals surface area contributed by atoms with Gasteiger partial charge >= 0.3 is 5.97 Å². The van der Waals surface area contributed by atoms with E-state index in [1.807, 2.05) is 24.3 Å². The molecule has 0 bridgehead atoms. The molecular formula is C17H13ClN2O3. The number of aliphatic hydroxyl groups excluding tert-OH is 1. The Morgan fingerprint density at radius 2 is 1.91 bits per heavy atom. The summed E-state index contributed by atoms with van der Waals surface area (Å²) < 4.78 is 0. The maximum atomic E-state index is 11.2. The lowest BCUT2D eigenvalue weighted by atomic mass is 10.0. The zero-order valence-electron chi connectivity index (χ0n) is 12.0. The van der Waals surface area contributed by atoms with E-state index in [0.717, 1.165) is 16.5 Å². The Morgan fingerprint density at radius 1 is 1.13 bits per heavy atom. The van der Waals surface area contributed by atoms with Crippen LogP contribution in [0.4, 0.5) is 0 Å². The van der Waals surface area contributed by atoms with Gasteiger partial charge in [-0.15, -0.1) is 0 Å². The average molecular weight is 329 g/mol. The van der Waals surface area contributed by atoms with Crippen LogP contribution in [0.25, 0.3) is 10.9 Å². The molecule has 6 heteroatoms. The molecule has 0 aliphatic rings. The number of aromatic nitrogens is 2. The highest BCUT2D eigenvalue weighted by Gasteiger charge is 2.09. The number of carboxylic acid groups (broad SMARTS) is 1. The molecule has 3 rings (SSSR count). The van der Waals surface area contributed by atoms with Crippen molar-refractivity contribution in [3.05, 3.63) is 70.1 Å². The highest BCUT2D eigenvalue weighted by molar-refractivity contribution is 6.31. The number of hydrogen-bond donors (Lipinski definition) is 2. The molecule has 0 fully saturated rings. The molecule has 0 aliphatic carbocycles. The van der Waals surface area contributed by atoms with E-state index >= 15 is 0 Å². The van der Waals surface area contributed by atoms with Crippen LogP contribution in [0.15, 0.2) is 42.6 Å². The van der Waals surface area contributed by atoms with Crippen molar-refractivity contribution >= 4 is 28.5 Å². The van der Waals surface area contributed by atoms with Gasteiger partial charge in [-0.3, -0.25) is 9.97 Å². The van der Waals surface area contributed by atoms with Crippen molar-refractivity contribution in [1.29, 1.82) is 0 Å². The van der Waals surface area contributed by atoms with Gasteiger partial charge in [-0.2, -0.15) is 0 Å². The molecule has 0 saturated carbocycles. The first kappa shape index (κ1) is 15.4. The minimum Gasteiger partial charge on any atom is -0.478 e. The minimum absolute atomic E-state index is 0.115. The third-order valence-corrected chi connectivity index (χ3v) is 3.64. The van der Waals surface area contributed by atoms with Crippen molar-refractivity contribution in [2.75, 3.05) is 0 Å². The molecule has 2 heterocycles. The van der Waals surface area contributed by atoms with Crippen LogP contribution in [-0.4, -0.2) is 26.2 Å². The summed E-state index contributed by atoms with van der Waals surface area (Å²) in [5.41, 5.74) is 2.83. The Morgan fingerprint density at radius 3 is 2.65 bits per heavy atom. The Kier molecular flexibility index (Phi) is 4.23. The molecule has 3 aromatic rings. The highest BCUT2D eigenvalue weighted by Crippen LogP contribution is 2.20. The molecule has 0 aliphatic heterocycles. The molecule has 2 N–H and O–H groups in total. The molecule has 5 nitrogen and oxygen atoms in total. The standard InChI is InChI=1S/C17H13ClN2O3/c18-13-5-11-3-10(1-2-16(11)19-8-13)4-14-6-12(17(22)23)7-15(9-21)20-14/h1-3,5-8,21H,4,9H2,(H,22,23). The first-order valence-corrected chi connectivity index (χ1v) is 7.31. The van der Waals surface area contributed by atoms with E-state index in [0.29, 0.717) is 22.8 Å².